The third-order valence-corrected chi connectivity index (χ3v) is 5.60. The van der Waals surface area contributed by atoms with Gasteiger partial charge in [-0.15, -0.1) is 0 Å². The van der Waals surface area contributed by atoms with E-state index in [2.05, 4.69) is 5.32 Å². The molecule has 2 aromatic rings. The minimum Gasteiger partial charge on any atom is -0.481 e. The number of carbonyl (C=O) groups excluding carboxylic acids is 1. The Morgan fingerprint density at radius 2 is 1.86 bits per heavy atom. The van der Waals surface area contributed by atoms with Crippen molar-refractivity contribution in [2.45, 2.75) is 26.4 Å². The van der Waals surface area contributed by atoms with Crippen LogP contribution in [0.1, 0.15) is 18.9 Å². The second-order valence-electron chi connectivity index (χ2n) is 6.44. The van der Waals surface area contributed by atoms with Crippen LogP contribution in [0.4, 0.5) is 17.1 Å². The first-order valence-electron chi connectivity index (χ1n) is 8.80. The number of nitro benzene ring substituents is 1. The molecule has 156 valence electrons. The van der Waals surface area contributed by atoms with Crippen molar-refractivity contribution in [3.8, 4) is 5.75 Å². The number of ether oxygens (including phenoxy) is 1. The maximum Gasteiger partial charge on any atom is 0.274 e. The van der Waals surface area contributed by atoms with Gasteiger partial charge in [-0.1, -0.05) is 13.0 Å². The predicted octanol–water partition coefficient (Wildman–Crippen LogP) is 3.10. The topological polar surface area (TPSA) is 119 Å². The summed E-state index contributed by atoms with van der Waals surface area (Å²) in [5.41, 5.74) is 1.08. The van der Waals surface area contributed by atoms with Crippen LogP contribution in [-0.4, -0.2) is 38.7 Å². The van der Waals surface area contributed by atoms with E-state index in [4.69, 9.17) is 4.74 Å². The van der Waals surface area contributed by atoms with Crippen molar-refractivity contribution in [2.75, 3.05) is 22.9 Å². The molecule has 1 N–H and O–H groups in total. The van der Waals surface area contributed by atoms with E-state index in [1.165, 1.54) is 19.2 Å². The van der Waals surface area contributed by atoms with Gasteiger partial charge in [-0.05, 0) is 43.7 Å². The van der Waals surface area contributed by atoms with Crippen molar-refractivity contribution in [1.82, 2.24) is 0 Å². The molecule has 0 aliphatic rings. The van der Waals surface area contributed by atoms with Gasteiger partial charge in [0.15, 0.2) is 6.10 Å². The molecule has 0 bridgehead atoms. The zero-order valence-corrected chi connectivity index (χ0v) is 17.4. The summed E-state index contributed by atoms with van der Waals surface area (Å²) in [6, 6.07) is 10.8. The summed E-state index contributed by atoms with van der Waals surface area (Å²) in [5.74, 6) is -0.0400. The number of benzene rings is 2. The quantitative estimate of drug-likeness (QED) is 0.517. The van der Waals surface area contributed by atoms with E-state index in [1.807, 2.05) is 0 Å². The Hall–Kier alpha value is -3.14. The predicted molar refractivity (Wildman–Crippen MR) is 111 cm³/mol. The fraction of sp³-hybridized carbons (Fsp3) is 0.316. The molecule has 0 aliphatic carbocycles. The summed E-state index contributed by atoms with van der Waals surface area (Å²) >= 11 is 0. The average molecular weight is 421 g/mol. The number of nitrogens with zero attached hydrogens (tertiary/aromatic N) is 2. The van der Waals surface area contributed by atoms with Crippen molar-refractivity contribution in [3.63, 3.8) is 0 Å². The van der Waals surface area contributed by atoms with Crippen molar-refractivity contribution in [2.24, 2.45) is 0 Å². The Morgan fingerprint density at radius 1 is 1.24 bits per heavy atom. The maximum absolute atomic E-state index is 12.6. The van der Waals surface area contributed by atoms with Crippen molar-refractivity contribution < 1.29 is 22.9 Å². The number of sulfonamides is 1. The molecule has 0 saturated heterocycles. The molecule has 0 saturated carbocycles. The van der Waals surface area contributed by atoms with Crippen molar-refractivity contribution in [1.29, 1.82) is 0 Å². The van der Waals surface area contributed by atoms with Gasteiger partial charge in [0.2, 0.25) is 10.0 Å². The minimum atomic E-state index is -3.38. The lowest BCUT2D eigenvalue weighted by Crippen LogP contribution is -2.32. The normalized spacial score (nSPS) is 12.1. The number of hydrogen-bond acceptors (Lipinski definition) is 6. The lowest BCUT2D eigenvalue weighted by molar-refractivity contribution is -0.385. The summed E-state index contributed by atoms with van der Waals surface area (Å²) in [7, 11) is -1.94. The first-order valence-corrected chi connectivity index (χ1v) is 10.6. The number of carbonyl (C=O) groups is 1. The molecule has 0 unspecified atom stereocenters. The molecule has 0 fully saturated rings. The molecule has 9 nitrogen and oxygen atoms in total. The van der Waals surface area contributed by atoms with Crippen molar-refractivity contribution >= 4 is 33.0 Å². The largest absolute Gasteiger partial charge is 0.481 e. The third-order valence-electron chi connectivity index (χ3n) is 4.40. The number of hydrogen-bond donors (Lipinski definition) is 1. The highest BCUT2D eigenvalue weighted by Gasteiger charge is 2.21. The second kappa shape index (κ2) is 8.91. The van der Waals surface area contributed by atoms with Gasteiger partial charge in [0.1, 0.15) is 5.75 Å². The maximum atomic E-state index is 12.6. The Labute approximate surface area is 169 Å². The second-order valence-corrected chi connectivity index (χ2v) is 8.45. The minimum absolute atomic E-state index is 0.0812. The van der Waals surface area contributed by atoms with Crippen LogP contribution in [0.3, 0.4) is 0 Å². The summed E-state index contributed by atoms with van der Waals surface area (Å²) < 4.78 is 30.0. The molecular formula is C19H23N3O6S. The fourth-order valence-corrected chi connectivity index (χ4v) is 3.09. The smallest absolute Gasteiger partial charge is 0.274 e. The lowest BCUT2D eigenvalue weighted by atomic mass is 10.1. The van der Waals surface area contributed by atoms with Crippen LogP contribution >= 0.6 is 0 Å². The lowest BCUT2D eigenvalue weighted by Gasteiger charge is -2.20. The standard InChI is InChI=1S/C19H23N3O6S/c1-5-18(19(23)20-16-7-6-8-17(13(16)2)22(24)25)28-15-11-9-14(10-12-15)21(3)29(4,26)27/h6-12,18H,5H2,1-4H3,(H,20,23)/t18-/m0/s1. The molecule has 10 heteroatoms. The molecule has 0 spiro atoms. The van der Waals surface area contributed by atoms with E-state index in [-0.39, 0.29) is 5.69 Å². The highest BCUT2D eigenvalue weighted by molar-refractivity contribution is 7.92. The van der Waals surface area contributed by atoms with Crippen LogP contribution in [0.5, 0.6) is 5.75 Å². The van der Waals surface area contributed by atoms with Gasteiger partial charge in [-0.3, -0.25) is 19.2 Å². The van der Waals surface area contributed by atoms with E-state index >= 15 is 0 Å². The molecule has 0 radical (unpaired) electrons. The Morgan fingerprint density at radius 3 is 2.38 bits per heavy atom. The fourth-order valence-electron chi connectivity index (χ4n) is 2.58. The first-order chi connectivity index (χ1) is 13.5. The highest BCUT2D eigenvalue weighted by atomic mass is 32.2. The Balaban J connectivity index is 2.13. The Bertz CT molecular complexity index is 1010. The number of amides is 1. The van der Waals surface area contributed by atoms with Gasteiger partial charge < -0.3 is 10.1 Å². The molecule has 0 aromatic heterocycles. The average Bonchev–Trinajstić information content (AvgIpc) is 2.66. The molecule has 1 atom stereocenters. The van der Waals surface area contributed by atoms with Gasteiger partial charge in [0.05, 0.1) is 28.1 Å². The van der Waals surface area contributed by atoms with Crippen molar-refractivity contribution in [3.05, 3.63) is 58.1 Å². The van der Waals surface area contributed by atoms with Crippen LogP contribution in [-0.2, 0) is 14.8 Å². The van der Waals surface area contributed by atoms with Crippen LogP contribution in [0.15, 0.2) is 42.5 Å². The zero-order valence-electron chi connectivity index (χ0n) is 16.6. The molecule has 0 aliphatic heterocycles. The number of rotatable bonds is 8. The number of anilines is 2. The van der Waals surface area contributed by atoms with E-state index in [0.717, 1.165) is 10.6 Å². The SMILES string of the molecule is CC[C@H](Oc1ccc(N(C)S(C)(=O)=O)cc1)C(=O)Nc1cccc([N+](=O)[O-])c1C. The summed E-state index contributed by atoms with van der Waals surface area (Å²) in [6.07, 6.45) is 0.641. The van der Waals surface area contributed by atoms with Crippen LogP contribution in [0.2, 0.25) is 0 Å². The van der Waals surface area contributed by atoms with Gasteiger partial charge in [-0.2, -0.15) is 0 Å². The van der Waals surface area contributed by atoms with E-state index in [1.54, 1.807) is 44.2 Å². The zero-order chi connectivity index (χ0) is 21.8. The molecule has 0 heterocycles. The van der Waals surface area contributed by atoms with Gasteiger partial charge in [0.25, 0.3) is 11.6 Å². The first kappa shape index (κ1) is 22.2. The third kappa shape index (κ3) is 5.44. The van der Waals surface area contributed by atoms with Crippen LogP contribution < -0.4 is 14.4 Å². The van der Waals surface area contributed by atoms with E-state index < -0.39 is 27.0 Å². The summed E-state index contributed by atoms with van der Waals surface area (Å²) in [5, 5.41) is 13.7. The van der Waals surface area contributed by atoms with Crippen LogP contribution in [0, 0.1) is 17.0 Å². The molecule has 2 aromatic carbocycles. The molecule has 2 rings (SSSR count). The van der Waals surface area contributed by atoms with Gasteiger partial charge >= 0.3 is 0 Å². The summed E-state index contributed by atoms with van der Waals surface area (Å²) in [4.78, 5) is 23.1. The molecular weight excluding hydrogens is 398 g/mol. The van der Waals surface area contributed by atoms with Crippen LogP contribution in [0.25, 0.3) is 0 Å². The Kier molecular flexibility index (Phi) is 6.80. The summed E-state index contributed by atoms with van der Waals surface area (Å²) in [6.45, 7) is 3.34. The monoisotopic (exact) mass is 421 g/mol. The number of nitro groups is 1. The molecule has 29 heavy (non-hydrogen) atoms. The van der Waals surface area contributed by atoms with Gasteiger partial charge in [-0.25, -0.2) is 8.42 Å². The molecule has 1 amide bonds. The van der Waals surface area contributed by atoms with E-state index in [9.17, 15) is 23.3 Å². The van der Waals surface area contributed by atoms with Gasteiger partial charge in [0, 0.05) is 13.1 Å². The van der Waals surface area contributed by atoms with E-state index in [0.29, 0.717) is 29.1 Å². The number of nitrogens with one attached hydrogen (secondary N) is 1. The highest BCUT2D eigenvalue weighted by Crippen LogP contribution is 2.26.